The third kappa shape index (κ3) is 6.66. The van der Waals surface area contributed by atoms with Crippen LogP contribution < -0.4 is 14.3 Å². The van der Waals surface area contributed by atoms with E-state index in [1.807, 2.05) is 30.3 Å². The van der Waals surface area contributed by atoms with E-state index in [-0.39, 0.29) is 23.8 Å². The van der Waals surface area contributed by atoms with E-state index in [9.17, 15) is 21.6 Å². The summed E-state index contributed by atoms with van der Waals surface area (Å²) >= 11 is 0. The van der Waals surface area contributed by atoms with Crippen LogP contribution in [0.4, 0.5) is 17.1 Å². The van der Waals surface area contributed by atoms with Crippen molar-refractivity contribution < 1.29 is 21.6 Å². The number of amides is 1. The molecule has 0 spiro atoms. The molecule has 4 aromatic rings. The van der Waals surface area contributed by atoms with E-state index in [1.54, 1.807) is 42.5 Å². The van der Waals surface area contributed by atoms with E-state index in [2.05, 4.69) is 10.0 Å². The van der Waals surface area contributed by atoms with Crippen LogP contribution in [0.5, 0.6) is 0 Å². The predicted octanol–water partition coefficient (Wildman–Crippen LogP) is 4.83. The summed E-state index contributed by atoms with van der Waals surface area (Å²) in [6, 6.07) is 27.5. The molecule has 0 aliphatic rings. The van der Waals surface area contributed by atoms with E-state index >= 15 is 0 Å². The highest BCUT2D eigenvalue weighted by Gasteiger charge is 2.18. The molecular formula is C27H27N3O5S2. The van der Waals surface area contributed by atoms with Crippen LogP contribution >= 0.6 is 0 Å². The third-order valence-electron chi connectivity index (χ3n) is 5.69. The zero-order valence-corrected chi connectivity index (χ0v) is 21.8. The minimum absolute atomic E-state index is 0.0603. The fourth-order valence-electron chi connectivity index (χ4n) is 3.92. The number of hydrogen-bond donors (Lipinski definition) is 2. The number of nitrogens with zero attached hydrogens (tertiary/aromatic N) is 1. The van der Waals surface area contributed by atoms with Crippen molar-refractivity contribution in [2.75, 3.05) is 27.1 Å². The lowest BCUT2D eigenvalue weighted by atomic mass is 10.1. The van der Waals surface area contributed by atoms with Crippen molar-refractivity contribution in [2.45, 2.75) is 17.7 Å². The molecule has 4 rings (SSSR count). The van der Waals surface area contributed by atoms with Crippen LogP contribution in [-0.4, -0.2) is 35.5 Å². The van der Waals surface area contributed by atoms with Gasteiger partial charge in [-0.2, -0.15) is 0 Å². The number of rotatable bonds is 10. The Balaban J connectivity index is 1.36. The molecule has 0 bridgehead atoms. The molecule has 0 fully saturated rings. The van der Waals surface area contributed by atoms with Crippen LogP contribution in [0.2, 0.25) is 0 Å². The normalized spacial score (nSPS) is 11.7. The number of sulfonamides is 2. The molecule has 10 heteroatoms. The minimum atomic E-state index is -3.84. The smallest absolute Gasteiger partial charge is 0.261 e. The molecule has 0 saturated carbocycles. The first-order valence-electron chi connectivity index (χ1n) is 11.6. The van der Waals surface area contributed by atoms with Crippen LogP contribution in [0.15, 0.2) is 102 Å². The Labute approximate surface area is 217 Å². The molecule has 0 unspecified atom stereocenters. The predicted molar refractivity (Wildman–Crippen MR) is 148 cm³/mol. The van der Waals surface area contributed by atoms with Gasteiger partial charge in [-0.1, -0.05) is 54.6 Å². The highest BCUT2D eigenvalue weighted by molar-refractivity contribution is 7.92. The molecule has 0 aliphatic carbocycles. The van der Waals surface area contributed by atoms with Crippen molar-refractivity contribution in [3.63, 3.8) is 0 Å². The molecule has 192 valence electrons. The molecule has 37 heavy (non-hydrogen) atoms. The van der Waals surface area contributed by atoms with Crippen LogP contribution in [-0.2, 0) is 24.8 Å². The number of anilines is 3. The average Bonchev–Trinajstić information content (AvgIpc) is 2.87. The van der Waals surface area contributed by atoms with E-state index in [0.29, 0.717) is 23.5 Å². The molecule has 4 aromatic carbocycles. The first-order chi connectivity index (χ1) is 17.6. The van der Waals surface area contributed by atoms with E-state index < -0.39 is 20.0 Å². The van der Waals surface area contributed by atoms with Crippen LogP contribution in [0, 0.1) is 0 Å². The lowest BCUT2D eigenvalue weighted by Gasteiger charge is -2.22. The first kappa shape index (κ1) is 26.2. The summed E-state index contributed by atoms with van der Waals surface area (Å²) in [5.74, 6) is -0.300. The van der Waals surface area contributed by atoms with Gasteiger partial charge in [-0.05, 0) is 54.3 Å². The fraction of sp³-hybridized carbons (Fsp3) is 0.148. The minimum Gasteiger partial charge on any atom is -0.326 e. The summed E-state index contributed by atoms with van der Waals surface area (Å²) in [5, 5.41) is 4.44. The van der Waals surface area contributed by atoms with Crippen molar-refractivity contribution in [2.24, 2.45) is 0 Å². The highest BCUT2D eigenvalue weighted by Crippen LogP contribution is 2.26. The Kier molecular flexibility index (Phi) is 7.80. The number of fused-ring (bicyclic) bond motifs is 1. The fourth-order valence-corrected chi connectivity index (χ4v) is 5.97. The SMILES string of the molecule is CS(=O)(=O)N(CCCC(=O)Nc1ccc(S(=O)(=O)Nc2cccc3ccccc23)cc1)c1ccccc1. The lowest BCUT2D eigenvalue weighted by Crippen LogP contribution is -2.31. The largest absolute Gasteiger partial charge is 0.326 e. The van der Waals surface area contributed by atoms with Crippen molar-refractivity contribution in [3.8, 4) is 0 Å². The van der Waals surface area contributed by atoms with Gasteiger partial charge in [-0.25, -0.2) is 16.8 Å². The zero-order valence-electron chi connectivity index (χ0n) is 20.2. The van der Waals surface area contributed by atoms with Gasteiger partial charge in [0.2, 0.25) is 15.9 Å². The first-order valence-corrected chi connectivity index (χ1v) is 14.9. The molecule has 8 nitrogen and oxygen atoms in total. The summed E-state index contributed by atoms with van der Waals surface area (Å²) in [6.07, 6.45) is 1.54. The van der Waals surface area contributed by atoms with E-state index in [0.717, 1.165) is 17.0 Å². The van der Waals surface area contributed by atoms with Crippen molar-refractivity contribution in [1.82, 2.24) is 0 Å². The highest BCUT2D eigenvalue weighted by atomic mass is 32.2. The molecule has 0 radical (unpaired) electrons. The zero-order chi connectivity index (χ0) is 26.5. The Hall–Kier alpha value is -3.89. The van der Waals surface area contributed by atoms with Gasteiger partial charge in [-0.3, -0.25) is 13.8 Å². The van der Waals surface area contributed by atoms with Crippen LogP contribution in [0.3, 0.4) is 0 Å². The Morgan fingerprint density at radius 1 is 0.784 bits per heavy atom. The standard InChI is InChI=1S/C27H27N3O5S2/c1-36(32,33)30(23-11-3-2-4-12-23)20-8-15-27(31)28-22-16-18-24(19-17-22)37(34,35)29-26-14-7-10-21-9-5-6-13-25(21)26/h2-7,9-14,16-19,29H,8,15,20H2,1H3,(H,28,31). The number of para-hydroxylation sites is 1. The Morgan fingerprint density at radius 3 is 2.14 bits per heavy atom. The maximum atomic E-state index is 12.9. The maximum absolute atomic E-state index is 12.9. The molecule has 0 heterocycles. The van der Waals surface area contributed by atoms with E-state index in [1.165, 1.54) is 28.6 Å². The number of carbonyl (C=O) groups is 1. The summed E-state index contributed by atoms with van der Waals surface area (Å²) < 4.78 is 54.1. The Bertz CT molecular complexity index is 1600. The molecule has 0 aromatic heterocycles. The molecule has 0 aliphatic heterocycles. The van der Waals surface area contributed by atoms with Crippen LogP contribution in [0.25, 0.3) is 10.8 Å². The van der Waals surface area contributed by atoms with Crippen LogP contribution in [0.1, 0.15) is 12.8 Å². The monoisotopic (exact) mass is 537 g/mol. The van der Waals surface area contributed by atoms with Crippen molar-refractivity contribution >= 4 is 53.8 Å². The second-order valence-corrected chi connectivity index (χ2v) is 12.1. The van der Waals surface area contributed by atoms with Gasteiger partial charge in [0.1, 0.15) is 0 Å². The number of hydrogen-bond acceptors (Lipinski definition) is 5. The number of benzene rings is 4. The second-order valence-electron chi connectivity index (χ2n) is 8.48. The number of carbonyl (C=O) groups excluding carboxylic acids is 1. The average molecular weight is 538 g/mol. The van der Waals surface area contributed by atoms with Gasteiger partial charge in [0, 0.05) is 24.0 Å². The maximum Gasteiger partial charge on any atom is 0.261 e. The van der Waals surface area contributed by atoms with Gasteiger partial charge in [0.25, 0.3) is 10.0 Å². The lowest BCUT2D eigenvalue weighted by molar-refractivity contribution is -0.116. The van der Waals surface area contributed by atoms with Crippen molar-refractivity contribution in [1.29, 1.82) is 0 Å². The van der Waals surface area contributed by atoms with Gasteiger partial charge >= 0.3 is 0 Å². The summed E-state index contributed by atoms with van der Waals surface area (Å²) in [4.78, 5) is 12.5. The summed E-state index contributed by atoms with van der Waals surface area (Å²) in [6.45, 7) is 0.160. The molecule has 0 saturated heterocycles. The van der Waals surface area contributed by atoms with Gasteiger partial charge in [-0.15, -0.1) is 0 Å². The quantitative estimate of drug-likeness (QED) is 0.301. The number of nitrogens with one attached hydrogen (secondary N) is 2. The van der Waals surface area contributed by atoms with E-state index in [4.69, 9.17) is 0 Å². The third-order valence-corrected chi connectivity index (χ3v) is 8.27. The molecular weight excluding hydrogens is 510 g/mol. The van der Waals surface area contributed by atoms with Crippen molar-refractivity contribution in [3.05, 3.63) is 97.1 Å². The summed E-state index contributed by atoms with van der Waals surface area (Å²) in [5.41, 5.74) is 1.46. The summed E-state index contributed by atoms with van der Waals surface area (Å²) in [7, 11) is -7.33. The molecule has 0 atom stereocenters. The van der Waals surface area contributed by atoms with Gasteiger partial charge < -0.3 is 5.32 Å². The molecule has 1 amide bonds. The van der Waals surface area contributed by atoms with Gasteiger partial charge in [0.15, 0.2) is 0 Å². The van der Waals surface area contributed by atoms with Gasteiger partial charge in [0.05, 0.1) is 22.5 Å². The Morgan fingerprint density at radius 2 is 1.43 bits per heavy atom. The molecule has 2 N–H and O–H groups in total. The topological polar surface area (TPSA) is 113 Å². The second kappa shape index (κ2) is 11.0.